The molecule has 2 aromatic rings. The Morgan fingerprint density at radius 2 is 1.96 bits per heavy atom. The van der Waals surface area contributed by atoms with Gasteiger partial charge < -0.3 is 15.2 Å². The summed E-state index contributed by atoms with van der Waals surface area (Å²) in [5.41, 5.74) is -0.651. The normalized spacial score (nSPS) is 15.6. The van der Waals surface area contributed by atoms with E-state index in [4.69, 9.17) is 4.74 Å². The first-order chi connectivity index (χ1) is 12.4. The van der Waals surface area contributed by atoms with E-state index in [0.29, 0.717) is 34.2 Å². The molecule has 2 N–H and O–H groups in total. The first kappa shape index (κ1) is 18.3. The van der Waals surface area contributed by atoms with Gasteiger partial charge in [-0.25, -0.2) is 14.2 Å². The van der Waals surface area contributed by atoms with Gasteiger partial charge in [0.05, 0.1) is 5.69 Å². The molecule has 0 saturated heterocycles. The fourth-order valence-electron chi connectivity index (χ4n) is 3.05. The number of benzene rings is 1. The highest BCUT2D eigenvalue weighted by atomic mass is 32.1. The molecule has 1 aromatic heterocycles. The van der Waals surface area contributed by atoms with Crippen molar-refractivity contribution in [2.24, 2.45) is 0 Å². The Morgan fingerprint density at radius 1 is 1.31 bits per heavy atom. The van der Waals surface area contributed by atoms with Crippen molar-refractivity contribution in [2.45, 2.75) is 44.8 Å². The zero-order chi connectivity index (χ0) is 18.7. The molecule has 138 valence electrons. The van der Waals surface area contributed by atoms with Gasteiger partial charge in [0.15, 0.2) is 0 Å². The second kappa shape index (κ2) is 7.41. The van der Waals surface area contributed by atoms with Gasteiger partial charge in [-0.15, -0.1) is 11.3 Å². The van der Waals surface area contributed by atoms with Gasteiger partial charge in [-0.2, -0.15) is 0 Å². The number of hydrogen-bond donors (Lipinski definition) is 2. The van der Waals surface area contributed by atoms with Crippen molar-refractivity contribution >= 4 is 23.2 Å². The number of ether oxygens (including phenoxy) is 1. The molecule has 1 aliphatic carbocycles. The lowest BCUT2D eigenvalue weighted by molar-refractivity contribution is -0.144. The van der Waals surface area contributed by atoms with E-state index >= 15 is 0 Å². The van der Waals surface area contributed by atoms with Crippen LogP contribution >= 0.6 is 11.3 Å². The number of carboxylic acid groups (broad SMARTS) is 1. The lowest BCUT2D eigenvalue weighted by Gasteiger charge is -2.24. The molecular weight excluding hydrogens is 359 g/mol. The summed E-state index contributed by atoms with van der Waals surface area (Å²) in [6, 6.07) is 5.63. The van der Waals surface area contributed by atoms with Crippen molar-refractivity contribution in [3.05, 3.63) is 45.7 Å². The number of thiazole rings is 1. The van der Waals surface area contributed by atoms with E-state index < -0.39 is 17.4 Å². The van der Waals surface area contributed by atoms with Crippen LogP contribution in [0.25, 0.3) is 0 Å². The zero-order valence-electron chi connectivity index (χ0n) is 14.3. The number of amides is 1. The SMILES string of the molecule is Cc1nc(COc2ccc(F)cc2)sc1C(=O)NC1(C(=O)O)CCCC1. The van der Waals surface area contributed by atoms with Crippen LogP contribution in [0.3, 0.4) is 0 Å². The molecule has 0 spiro atoms. The van der Waals surface area contributed by atoms with Crippen molar-refractivity contribution in [2.75, 3.05) is 0 Å². The molecule has 1 fully saturated rings. The second-order valence-electron chi connectivity index (χ2n) is 6.31. The monoisotopic (exact) mass is 378 g/mol. The highest BCUT2D eigenvalue weighted by molar-refractivity contribution is 7.13. The smallest absolute Gasteiger partial charge is 0.329 e. The van der Waals surface area contributed by atoms with E-state index in [9.17, 15) is 19.1 Å². The first-order valence-corrected chi connectivity index (χ1v) is 9.12. The first-order valence-electron chi connectivity index (χ1n) is 8.30. The number of rotatable bonds is 6. The molecule has 26 heavy (non-hydrogen) atoms. The van der Waals surface area contributed by atoms with Crippen LogP contribution < -0.4 is 10.1 Å². The Balaban J connectivity index is 1.68. The highest BCUT2D eigenvalue weighted by Gasteiger charge is 2.43. The Kier molecular flexibility index (Phi) is 5.22. The molecule has 1 amide bonds. The summed E-state index contributed by atoms with van der Waals surface area (Å²) >= 11 is 1.17. The molecule has 0 bridgehead atoms. The van der Waals surface area contributed by atoms with Gasteiger partial charge >= 0.3 is 5.97 Å². The Hall–Kier alpha value is -2.48. The van der Waals surface area contributed by atoms with Crippen molar-refractivity contribution in [3.63, 3.8) is 0 Å². The molecule has 0 radical (unpaired) electrons. The maximum atomic E-state index is 12.9. The average Bonchev–Trinajstić information content (AvgIpc) is 3.22. The van der Waals surface area contributed by atoms with Crippen LogP contribution in [0.2, 0.25) is 0 Å². The van der Waals surface area contributed by atoms with Crippen LogP contribution in [0.15, 0.2) is 24.3 Å². The predicted octanol–water partition coefficient (Wildman–Crippen LogP) is 3.30. The molecule has 3 rings (SSSR count). The van der Waals surface area contributed by atoms with E-state index in [1.165, 1.54) is 35.6 Å². The van der Waals surface area contributed by atoms with E-state index in [1.54, 1.807) is 6.92 Å². The number of nitrogens with one attached hydrogen (secondary N) is 1. The molecule has 1 saturated carbocycles. The summed E-state index contributed by atoms with van der Waals surface area (Å²) in [7, 11) is 0. The molecule has 1 aromatic carbocycles. The second-order valence-corrected chi connectivity index (χ2v) is 7.40. The maximum absolute atomic E-state index is 12.9. The third-order valence-electron chi connectivity index (χ3n) is 4.44. The van der Waals surface area contributed by atoms with E-state index in [2.05, 4.69) is 10.3 Å². The van der Waals surface area contributed by atoms with Gasteiger partial charge in [-0.1, -0.05) is 12.8 Å². The fourth-order valence-corrected chi connectivity index (χ4v) is 3.92. The van der Waals surface area contributed by atoms with Crippen LogP contribution in [0.5, 0.6) is 5.75 Å². The molecule has 6 nitrogen and oxygen atoms in total. The van der Waals surface area contributed by atoms with E-state index in [-0.39, 0.29) is 12.4 Å². The summed E-state index contributed by atoms with van der Waals surface area (Å²) in [5.74, 6) is -1.26. The molecular formula is C18H19FN2O4S. The predicted molar refractivity (Wildman–Crippen MR) is 93.9 cm³/mol. The Morgan fingerprint density at radius 3 is 2.58 bits per heavy atom. The Labute approximate surface area is 154 Å². The number of hydrogen-bond acceptors (Lipinski definition) is 5. The van der Waals surface area contributed by atoms with E-state index in [1.807, 2.05) is 0 Å². The summed E-state index contributed by atoms with van der Waals surface area (Å²) in [6.45, 7) is 1.85. The molecule has 8 heteroatoms. The van der Waals surface area contributed by atoms with Crippen LogP contribution in [-0.2, 0) is 11.4 Å². The summed E-state index contributed by atoms with van der Waals surface area (Å²) in [4.78, 5) is 28.9. The van der Waals surface area contributed by atoms with Crippen molar-refractivity contribution < 1.29 is 23.8 Å². The molecule has 0 unspecified atom stereocenters. The van der Waals surface area contributed by atoms with Crippen molar-refractivity contribution in [1.29, 1.82) is 0 Å². The molecule has 1 aliphatic rings. The van der Waals surface area contributed by atoms with Crippen LogP contribution in [0, 0.1) is 12.7 Å². The van der Waals surface area contributed by atoms with Gasteiger partial charge in [0.2, 0.25) is 0 Å². The number of carbonyl (C=O) groups excluding carboxylic acids is 1. The summed E-state index contributed by atoms with van der Waals surface area (Å²) in [6.07, 6.45) is 2.44. The van der Waals surface area contributed by atoms with Gasteiger partial charge in [-0.05, 0) is 44.0 Å². The molecule has 0 aliphatic heterocycles. The third-order valence-corrected chi connectivity index (χ3v) is 5.57. The standard InChI is InChI=1S/C18H19FN2O4S/c1-11-15(16(22)21-18(17(23)24)8-2-3-9-18)26-14(20-11)10-25-13-6-4-12(19)5-7-13/h4-7H,2-3,8-10H2,1H3,(H,21,22)(H,23,24). The van der Waals surface area contributed by atoms with Crippen LogP contribution in [-0.4, -0.2) is 27.5 Å². The minimum atomic E-state index is -1.18. The summed E-state index contributed by atoms with van der Waals surface area (Å²) in [5, 5.41) is 12.8. The average molecular weight is 378 g/mol. The fraction of sp³-hybridized carbons (Fsp3) is 0.389. The minimum absolute atomic E-state index is 0.147. The number of aryl methyl sites for hydroxylation is 1. The van der Waals surface area contributed by atoms with Crippen molar-refractivity contribution in [1.82, 2.24) is 10.3 Å². The van der Waals surface area contributed by atoms with Crippen LogP contribution in [0.4, 0.5) is 4.39 Å². The number of aliphatic carboxylic acids is 1. The lowest BCUT2D eigenvalue weighted by atomic mass is 9.98. The van der Waals surface area contributed by atoms with Gasteiger partial charge in [0.1, 0.15) is 33.6 Å². The minimum Gasteiger partial charge on any atom is -0.486 e. The van der Waals surface area contributed by atoms with Gasteiger partial charge in [0, 0.05) is 0 Å². The topological polar surface area (TPSA) is 88.5 Å². The number of aromatic nitrogens is 1. The number of halogens is 1. The third kappa shape index (κ3) is 3.85. The largest absolute Gasteiger partial charge is 0.486 e. The summed E-state index contributed by atoms with van der Waals surface area (Å²) < 4.78 is 18.4. The van der Waals surface area contributed by atoms with Gasteiger partial charge in [-0.3, -0.25) is 4.79 Å². The molecule has 0 atom stereocenters. The zero-order valence-corrected chi connectivity index (χ0v) is 15.1. The maximum Gasteiger partial charge on any atom is 0.329 e. The number of carboxylic acids is 1. The van der Waals surface area contributed by atoms with Gasteiger partial charge in [0.25, 0.3) is 5.91 Å². The molecule has 1 heterocycles. The lowest BCUT2D eigenvalue weighted by Crippen LogP contribution is -2.52. The quantitative estimate of drug-likeness (QED) is 0.805. The van der Waals surface area contributed by atoms with Crippen molar-refractivity contribution in [3.8, 4) is 5.75 Å². The highest BCUT2D eigenvalue weighted by Crippen LogP contribution is 2.31. The van der Waals surface area contributed by atoms with E-state index in [0.717, 1.165) is 12.8 Å². The number of nitrogens with zero attached hydrogens (tertiary/aromatic N) is 1. The number of carbonyl (C=O) groups is 2. The van der Waals surface area contributed by atoms with Crippen LogP contribution in [0.1, 0.15) is 46.1 Å². The Bertz CT molecular complexity index is 813.